The smallest absolute Gasteiger partial charge is 0.419 e. The van der Waals surface area contributed by atoms with Gasteiger partial charge in [0.2, 0.25) is 0 Å². The first kappa shape index (κ1) is 43.2. The van der Waals surface area contributed by atoms with Crippen LogP contribution >= 0.6 is 0 Å². The number of nitrogens with zero attached hydrogens (tertiary/aromatic N) is 5. The van der Waals surface area contributed by atoms with Crippen molar-refractivity contribution in [2.45, 2.75) is 109 Å². The number of aromatic nitrogens is 1. The average Bonchev–Trinajstić information content (AvgIpc) is 3.43. The summed E-state index contributed by atoms with van der Waals surface area (Å²) in [5.41, 5.74) is 4.66. The van der Waals surface area contributed by atoms with Gasteiger partial charge < -0.3 is 38.8 Å². The van der Waals surface area contributed by atoms with Crippen LogP contribution in [0.5, 0.6) is 0 Å². The molecular weight excluding hydrogens is 765 g/mol. The number of ether oxygens (including phenoxy) is 2. The number of aryl methyl sites for hydroxylation is 2. The van der Waals surface area contributed by atoms with Gasteiger partial charge in [0, 0.05) is 64.5 Å². The molecule has 0 bridgehead atoms. The molecule has 0 spiro atoms. The molecule has 1 aromatic heterocycles. The largest absolute Gasteiger partial charge is 0.466 e. The van der Waals surface area contributed by atoms with Gasteiger partial charge in [0.05, 0.1) is 18.5 Å². The van der Waals surface area contributed by atoms with Gasteiger partial charge in [0.1, 0.15) is 0 Å². The van der Waals surface area contributed by atoms with Crippen LogP contribution in [-0.4, -0.2) is 119 Å². The van der Waals surface area contributed by atoms with Crippen LogP contribution < -0.4 is 11.1 Å². The monoisotopic (exact) mass is 828 g/mol. The number of unbranched alkanes of at least 4 members (excludes halogenated alkanes) is 3. The molecule has 7 rings (SSSR count). The molecule has 14 heteroatoms. The third-order valence-corrected chi connectivity index (χ3v) is 13.4. The zero-order valence-corrected chi connectivity index (χ0v) is 35.8. The molecule has 1 atom stereocenters. The van der Waals surface area contributed by atoms with Crippen molar-refractivity contribution >= 4 is 40.8 Å². The van der Waals surface area contributed by atoms with Crippen molar-refractivity contribution in [3.63, 3.8) is 0 Å². The first-order valence-electron chi connectivity index (χ1n) is 22.4. The van der Waals surface area contributed by atoms with Crippen molar-refractivity contribution in [3.8, 4) is 0 Å². The maximum absolute atomic E-state index is 14.4. The number of nitrogens with one attached hydrogen (secondary N) is 1. The van der Waals surface area contributed by atoms with E-state index >= 15 is 0 Å². The molecule has 5 heterocycles. The van der Waals surface area contributed by atoms with Gasteiger partial charge in [0.15, 0.2) is 11.7 Å². The molecular formula is C46H64N6O8. The number of esters is 1. The Morgan fingerprint density at radius 3 is 2.30 bits per heavy atom. The predicted octanol–water partition coefficient (Wildman–Crippen LogP) is 6.51. The third kappa shape index (κ3) is 10.5. The van der Waals surface area contributed by atoms with E-state index in [-0.39, 0.29) is 30.4 Å². The Morgan fingerprint density at radius 2 is 1.57 bits per heavy atom. The Morgan fingerprint density at radius 1 is 0.867 bits per heavy atom. The lowest BCUT2D eigenvalue weighted by atomic mass is 9.78. The van der Waals surface area contributed by atoms with Gasteiger partial charge in [-0.05, 0) is 112 Å². The van der Waals surface area contributed by atoms with Gasteiger partial charge in [-0.1, -0.05) is 50.5 Å². The molecule has 0 unspecified atom stereocenters. The molecule has 4 aliphatic heterocycles. The van der Waals surface area contributed by atoms with Crippen LogP contribution in [0.2, 0.25) is 0 Å². The fraction of sp³-hybridized carbons (Fsp3) is 0.630. The van der Waals surface area contributed by atoms with Crippen molar-refractivity contribution in [2.75, 3.05) is 64.3 Å². The molecule has 2 aromatic carbocycles. The van der Waals surface area contributed by atoms with Gasteiger partial charge in [-0.15, -0.1) is 0 Å². The second kappa shape index (κ2) is 20.1. The highest BCUT2D eigenvalue weighted by Crippen LogP contribution is 2.33. The van der Waals surface area contributed by atoms with E-state index in [1.807, 2.05) is 47.1 Å². The van der Waals surface area contributed by atoms with Gasteiger partial charge in [0.25, 0.3) is 5.91 Å². The van der Waals surface area contributed by atoms with Crippen LogP contribution in [-0.2, 0) is 39.0 Å². The van der Waals surface area contributed by atoms with Gasteiger partial charge in [-0.25, -0.2) is 14.4 Å². The summed E-state index contributed by atoms with van der Waals surface area (Å²) < 4.78 is 18.6. The summed E-state index contributed by atoms with van der Waals surface area (Å²) >= 11 is 0. The number of hydrogen-bond donors (Lipinski definition) is 1. The number of carbonyl (C=O) groups excluding carboxylic acids is 4. The highest BCUT2D eigenvalue weighted by atomic mass is 16.6. The molecule has 1 N–H and O–H groups in total. The van der Waals surface area contributed by atoms with Crippen molar-refractivity contribution in [1.29, 1.82) is 0 Å². The number of oxazole rings is 1. The molecule has 3 aromatic rings. The van der Waals surface area contributed by atoms with E-state index < -0.39 is 18.0 Å². The van der Waals surface area contributed by atoms with E-state index in [4.69, 9.17) is 13.9 Å². The Kier molecular flexibility index (Phi) is 14.5. The number of piperidine rings is 3. The summed E-state index contributed by atoms with van der Waals surface area (Å²) in [7, 11) is 1.67. The maximum Gasteiger partial charge on any atom is 0.419 e. The number of fused-ring (bicyclic) bond motifs is 2. The van der Waals surface area contributed by atoms with Crippen LogP contribution in [0.1, 0.15) is 94.2 Å². The molecule has 14 nitrogen and oxygen atoms in total. The summed E-state index contributed by atoms with van der Waals surface area (Å²) in [6.07, 6.45) is 9.28. The molecule has 0 radical (unpaired) electrons. The standard InChI is InChI=1S/C46H64N6O8/c1-4-5-6-9-28-58-41(53)19-22-49-20-12-34(13-21-49)35-14-23-50(24-15-35)43(54)40(31-33-29-32(2)42-39(30-33)59-45(56)48(42)3)60-46(57)51-25-17-37(18-26-51)52-27-16-36-10-7-8-11-38(36)47-44(52)55/h7-8,10-11,29-30,34-35,37,40H,4-6,9,12-28,31H2,1-3H3,(H,47,55)/t40-/m1/s1. The summed E-state index contributed by atoms with van der Waals surface area (Å²) in [6, 6.07) is 11.4. The first-order chi connectivity index (χ1) is 29.1. The minimum Gasteiger partial charge on any atom is -0.466 e. The van der Waals surface area contributed by atoms with Crippen molar-refractivity contribution < 1.29 is 33.1 Å². The molecule has 0 aliphatic carbocycles. The number of para-hydroxylation sites is 1. The summed E-state index contributed by atoms with van der Waals surface area (Å²) in [4.78, 5) is 73.8. The summed E-state index contributed by atoms with van der Waals surface area (Å²) in [6.45, 7) is 9.88. The Balaban J connectivity index is 0.931. The first-order valence-corrected chi connectivity index (χ1v) is 22.4. The number of carbonyl (C=O) groups is 4. The topological polar surface area (TPSA) is 147 Å². The van der Waals surface area contributed by atoms with Crippen molar-refractivity contribution in [3.05, 3.63) is 63.6 Å². The quantitative estimate of drug-likeness (QED) is 0.142. The second-order valence-corrected chi connectivity index (χ2v) is 17.4. The van der Waals surface area contributed by atoms with Crippen LogP contribution in [0.3, 0.4) is 0 Å². The Bertz CT molecular complexity index is 2020. The lowest BCUT2D eigenvalue weighted by Crippen LogP contribution is -2.52. The highest BCUT2D eigenvalue weighted by molar-refractivity contribution is 5.91. The van der Waals surface area contributed by atoms with Crippen LogP contribution in [0.4, 0.5) is 15.3 Å². The van der Waals surface area contributed by atoms with E-state index in [9.17, 15) is 24.0 Å². The van der Waals surface area contributed by atoms with Gasteiger partial charge in [-0.3, -0.25) is 14.2 Å². The lowest BCUT2D eigenvalue weighted by Gasteiger charge is -2.41. The van der Waals surface area contributed by atoms with E-state index in [1.165, 1.54) is 11.0 Å². The average molecular weight is 829 g/mol. The third-order valence-electron chi connectivity index (χ3n) is 13.4. The Hall–Kier alpha value is -4.85. The van der Waals surface area contributed by atoms with Crippen molar-refractivity contribution in [2.24, 2.45) is 18.9 Å². The number of hydrogen-bond acceptors (Lipinski definition) is 9. The minimum absolute atomic E-state index is 0.0155. The molecule has 326 valence electrons. The van der Waals surface area contributed by atoms with Crippen LogP contribution in [0.15, 0.2) is 45.6 Å². The number of urea groups is 1. The zero-order chi connectivity index (χ0) is 42.2. The number of anilines is 1. The SMILES string of the molecule is CCCCCCOC(=O)CCN1CCC(C2CCN(C(=O)[C@@H](Cc3cc(C)c4c(c3)oc(=O)n4C)OC(=O)N3CCC(N4CCc5ccccc5NC4=O)CC3)CC2)CC1. The predicted molar refractivity (Wildman–Crippen MR) is 229 cm³/mol. The molecule has 60 heavy (non-hydrogen) atoms. The number of benzene rings is 2. The van der Waals surface area contributed by atoms with Crippen LogP contribution in [0, 0.1) is 18.8 Å². The highest BCUT2D eigenvalue weighted by Gasteiger charge is 2.37. The number of rotatable bonds is 14. The van der Waals surface area contributed by atoms with E-state index in [2.05, 4.69) is 17.1 Å². The van der Waals surface area contributed by atoms with E-state index in [0.29, 0.717) is 81.5 Å². The minimum atomic E-state index is -1.06. The van der Waals surface area contributed by atoms with Gasteiger partial charge >= 0.3 is 23.8 Å². The second-order valence-electron chi connectivity index (χ2n) is 17.4. The molecule has 3 saturated heterocycles. The number of likely N-dealkylation sites (tertiary alicyclic amines) is 3. The fourth-order valence-electron chi connectivity index (χ4n) is 9.87. The zero-order valence-electron chi connectivity index (χ0n) is 35.8. The Labute approximate surface area is 353 Å². The molecule has 0 saturated carbocycles. The molecule has 4 amide bonds. The number of amides is 4. The maximum atomic E-state index is 14.4. The summed E-state index contributed by atoms with van der Waals surface area (Å²) in [5.74, 6) is 0.310. The lowest BCUT2D eigenvalue weighted by molar-refractivity contribution is -0.144. The molecule has 3 fully saturated rings. The van der Waals surface area contributed by atoms with Crippen molar-refractivity contribution in [1.82, 2.24) is 24.2 Å². The van der Waals surface area contributed by atoms with Crippen LogP contribution in [0.25, 0.3) is 11.1 Å². The summed E-state index contributed by atoms with van der Waals surface area (Å²) in [5, 5.41) is 3.05. The fourth-order valence-corrected chi connectivity index (χ4v) is 9.87. The van der Waals surface area contributed by atoms with Gasteiger partial charge in [-0.2, -0.15) is 0 Å². The molecule has 4 aliphatic rings. The van der Waals surface area contributed by atoms with E-state index in [1.54, 1.807) is 18.0 Å². The van der Waals surface area contributed by atoms with E-state index in [0.717, 1.165) is 93.4 Å². The normalized spacial score (nSPS) is 19.2.